The van der Waals surface area contributed by atoms with Crippen LogP contribution in [0.15, 0.2) is 96.2 Å². The second kappa shape index (κ2) is 16.2. The van der Waals surface area contributed by atoms with Gasteiger partial charge < -0.3 is 19.8 Å². The Balaban J connectivity index is 0.00000130. The van der Waals surface area contributed by atoms with Crippen molar-refractivity contribution in [2.24, 2.45) is 0 Å². The van der Waals surface area contributed by atoms with Crippen LogP contribution in [0.25, 0.3) is 16.8 Å². The number of hydrogen-bond acceptors (Lipinski definition) is 12. The van der Waals surface area contributed by atoms with E-state index < -0.39 is 25.6 Å². The van der Waals surface area contributed by atoms with Crippen LogP contribution in [-0.2, 0) is 19.6 Å². The zero-order valence-corrected chi connectivity index (χ0v) is 26.9. The van der Waals surface area contributed by atoms with E-state index in [9.17, 15) is 28.6 Å². The van der Waals surface area contributed by atoms with Gasteiger partial charge in [0, 0.05) is 55.8 Å². The van der Waals surface area contributed by atoms with E-state index in [0.717, 1.165) is 11.1 Å². The van der Waals surface area contributed by atoms with Crippen molar-refractivity contribution >= 4 is 57.8 Å². The Hall–Kier alpha value is -6.07. The summed E-state index contributed by atoms with van der Waals surface area (Å²) in [5, 5.41) is 31.5. The number of anilines is 3. The topological polar surface area (TPSA) is 203 Å². The zero-order chi connectivity index (χ0) is 35.6. The smallest absolute Gasteiger partial charge is 0.292 e. The van der Waals surface area contributed by atoms with Crippen LogP contribution in [0.1, 0.15) is 12.8 Å². The Labute approximate surface area is 281 Å². The standard InChI is InChI=1S/C30H28N8O6S.2CH2O/c39-37(40)26-11-2-1-10-25(26)35-18-7-17-34(45(43,44)28-13-4-3-12-27(28)38(41)42)16-6-15-31-29-14-19-36-30(33-29)24(21-32-36)22-8-5-9-23(35)20-22;2*1-2/h1-5,8-14,19-21H,6-7,15-18H2,(H,31,33);2*1H2. The molecule has 1 aliphatic rings. The zero-order valence-electron chi connectivity index (χ0n) is 26.1. The fraction of sp³-hybridized carbons (Fsp3) is 0.188. The third-order valence-electron chi connectivity index (χ3n) is 7.57. The molecule has 0 atom stereocenters. The number of sulfonamides is 1. The highest BCUT2D eigenvalue weighted by Crippen LogP contribution is 2.36. The summed E-state index contributed by atoms with van der Waals surface area (Å²) in [6.07, 6.45) is 4.13. The van der Waals surface area contributed by atoms with Crippen LogP contribution in [0, 0.1) is 20.2 Å². The number of hydrogen-bond donors (Lipinski definition) is 1. The van der Waals surface area contributed by atoms with Gasteiger partial charge in [0.15, 0.2) is 10.5 Å². The first-order valence-corrected chi connectivity index (χ1v) is 16.2. The molecule has 254 valence electrons. The molecule has 16 nitrogen and oxygen atoms in total. The molecule has 0 spiro atoms. The van der Waals surface area contributed by atoms with Gasteiger partial charge in [-0.05, 0) is 48.7 Å². The van der Waals surface area contributed by atoms with Crippen LogP contribution < -0.4 is 10.2 Å². The molecule has 0 fully saturated rings. The first-order valence-electron chi connectivity index (χ1n) is 14.7. The summed E-state index contributed by atoms with van der Waals surface area (Å²) in [5.74, 6) is 0.571. The average Bonchev–Trinajstić information content (AvgIpc) is 3.55. The highest BCUT2D eigenvalue weighted by atomic mass is 32.2. The lowest BCUT2D eigenvalue weighted by Gasteiger charge is -2.27. The van der Waals surface area contributed by atoms with Gasteiger partial charge in [-0.3, -0.25) is 20.2 Å². The van der Waals surface area contributed by atoms with Crippen molar-refractivity contribution in [1.82, 2.24) is 18.9 Å². The number of nitrogens with zero attached hydrogens (tertiary/aromatic N) is 7. The normalized spacial score (nSPS) is 13.7. The van der Waals surface area contributed by atoms with Gasteiger partial charge in [0.2, 0.25) is 10.0 Å². The van der Waals surface area contributed by atoms with Crippen molar-refractivity contribution in [2.45, 2.75) is 17.7 Å². The Bertz CT molecular complexity index is 2050. The predicted molar refractivity (Wildman–Crippen MR) is 182 cm³/mol. The van der Waals surface area contributed by atoms with E-state index in [0.29, 0.717) is 35.8 Å². The van der Waals surface area contributed by atoms with Crippen LogP contribution in [-0.4, -0.2) is 76.9 Å². The maximum atomic E-state index is 13.9. The highest BCUT2D eigenvalue weighted by molar-refractivity contribution is 7.89. The van der Waals surface area contributed by atoms with E-state index in [1.54, 1.807) is 46.1 Å². The third kappa shape index (κ3) is 7.74. The maximum absolute atomic E-state index is 13.9. The maximum Gasteiger partial charge on any atom is 0.292 e. The summed E-state index contributed by atoms with van der Waals surface area (Å²) >= 11 is 0. The predicted octanol–water partition coefficient (Wildman–Crippen LogP) is 4.88. The van der Waals surface area contributed by atoms with Gasteiger partial charge in [-0.15, -0.1) is 0 Å². The second-order valence-corrected chi connectivity index (χ2v) is 12.3. The molecule has 1 N–H and O–H groups in total. The SMILES string of the molecule is C=O.C=O.O=[N+]([O-])c1ccccc1N1CCCN(S(=O)(=O)c2ccccc2[N+](=O)[O-])CCCNc2ccn3ncc(c3n2)-c2cccc1c2. The summed E-state index contributed by atoms with van der Waals surface area (Å²) in [6, 6.07) is 20.9. The molecule has 0 saturated carbocycles. The van der Waals surface area contributed by atoms with E-state index in [1.165, 1.54) is 34.6 Å². The van der Waals surface area contributed by atoms with Crippen molar-refractivity contribution < 1.29 is 27.9 Å². The molecule has 2 aromatic heterocycles. The monoisotopic (exact) mass is 688 g/mol. The van der Waals surface area contributed by atoms with Crippen molar-refractivity contribution in [1.29, 1.82) is 0 Å². The number of rotatable bonds is 5. The molecule has 1 aliphatic heterocycles. The Morgan fingerprint density at radius 3 is 2.20 bits per heavy atom. The molecule has 0 aliphatic carbocycles. The molecule has 6 rings (SSSR count). The van der Waals surface area contributed by atoms with Crippen LogP contribution in [0.2, 0.25) is 0 Å². The third-order valence-corrected chi connectivity index (χ3v) is 9.51. The van der Waals surface area contributed by atoms with E-state index >= 15 is 0 Å². The van der Waals surface area contributed by atoms with E-state index in [4.69, 9.17) is 14.6 Å². The lowest BCUT2D eigenvalue weighted by molar-refractivity contribution is -0.387. The minimum absolute atomic E-state index is 0.0168. The molecule has 0 unspecified atom stereocenters. The van der Waals surface area contributed by atoms with Crippen LogP contribution >= 0.6 is 0 Å². The molecular weight excluding hydrogens is 656 g/mol. The fourth-order valence-electron chi connectivity index (χ4n) is 5.44. The molecule has 3 aromatic carbocycles. The van der Waals surface area contributed by atoms with E-state index in [2.05, 4.69) is 10.4 Å². The van der Waals surface area contributed by atoms with Crippen molar-refractivity contribution in [3.8, 4) is 11.1 Å². The fourth-order valence-corrected chi connectivity index (χ4v) is 7.12. The van der Waals surface area contributed by atoms with Gasteiger partial charge in [-0.1, -0.05) is 36.4 Å². The lowest BCUT2D eigenvalue weighted by Crippen LogP contribution is -2.35. The van der Waals surface area contributed by atoms with Gasteiger partial charge in [-0.2, -0.15) is 9.40 Å². The minimum atomic E-state index is -4.27. The quantitative estimate of drug-likeness (QED) is 0.194. The summed E-state index contributed by atoms with van der Waals surface area (Å²) < 4.78 is 30.6. The number of nitrogens with one attached hydrogen (secondary N) is 1. The molecule has 4 bridgehead atoms. The Morgan fingerprint density at radius 1 is 0.796 bits per heavy atom. The van der Waals surface area contributed by atoms with E-state index in [1.807, 2.05) is 37.8 Å². The Morgan fingerprint density at radius 2 is 1.47 bits per heavy atom. The van der Waals surface area contributed by atoms with Gasteiger partial charge in [-0.25, -0.2) is 17.9 Å². The number of nitro benzene ring substituents is 2. The number of fused-ring (bicyclic) bond motifs is 4. The van der Waals surface area contributed by atoms with Gasteiger partial charge in [0.25, 0.3) is 11.4 Å². The van der Waals surface area contributed by atoms with Crippen molar-refractivity contribution in [3.05, 3.63) is 111 Å². The number of nitro groups is 2. The molecular formula is C32H32N8O8S. The lowest BCUT2D eigenvalue weighted by atomic mass is 10.1. The summed E-state index contributed by atoms with van der Waals surface area (Å²) in [6.45, 7) is 4.69. The molecule has 3 heterocycles. The number of aromatic nitrogens is 3. The van der Waals surface area contributed by atoms with Gasteiger partial charge in [0.1, 0.15) is 25.1 Å². The minimum Gasteiger partial charge on any atom is -0.370 e. The molecule has 0 saturated heterocycles. The average molecular weight is 689 g/mol. The number of carbonyl (C=O) groups is 2. The van der Waals surface area contributed by atoms with Crippen LogP contribution in [0.5, 0.6) is 0 Å². The number of carbonyl (C=O) groups excluding carboxylic acids is 2. The molecule has 0 amide bonds. The van der Waals surface area contributed by atoms with Crippen molar-refractivity contribution in [2.75, 3.05) is 36.4 Å². The van der Waals surface area contributed by atoms with Crippen LogP contribution in [0.3, 0.4) is 0 Å². The van der Waals surface area contributed by atoms with Gasteiger partial charge >= 0.3 is 0 Å². The number of benzene rings is 3. The Kier molecular flexibility index (Phi) is 11.8. The molecule has 49 heavy (non-hydrogen) atoms. The molecule has 17 heteroatoms. The largest absolute Gasteiger partial charge is 0.370 e. The summed E-state index contributed by atoms with van der Waals surface area (Å²) in [4.78, 5) is 44.8. The van der Waals surface area contributed by atoms with Crippen LogP contribution in [0.4, 0.5) is 28.6 Å². The van der Waals surface area contributed by atoms with Gasteiger partial charge in [0.05, 0.1) is 16.0 Å². The molecule has 5 aromatic rings. The first-order chi connectivity index (χ1) is 23.7. The summed E-state index contributed by atoms with van der Waals surface area (Å²) in [5.41, 5.74) is 2.56. The first kappa shape index (κ1) is 35.8. The highest BCUT2D eigenvalue weighted by Gasteiger charge is 2.31. The van der Waals surface area contributed by atoms with E-state index in [-0.39, 0.29) is 36.6 Å². The van der Waals surface area contributed by atoms with Crippen molar-refractivity contribution in [3.63, 3.8) is 0 Å². The summed E-state index contributed by atoms with van der Waals surface area (Å²) in [7, 11) is -4.27. The molecule has 0 radical (unpaired) electrons. The number of para-hydroxylation sites is 3. The second-order valence-electron chi connectivity index (χ2n) is 10.3.